The van der Waals surface area contributed by atoms with Crippen molar-refractivity contribution in [3.8, 4) is 0 Å². The second-order valence-electron chi connectivity index (χ2n) is 7.96. The van der Waals surface area contributed by atoms with E-state index in [0.29, 0.717) is 18.0 Å². The van der Waals surface area contributed by atoms with Gasteiger partial charge in [0.2, 0.25) is 10.0 Å². The molecule has 2 atom stereocenters. The molecule has 0 bridgehead atoms. The van der Waals surface area contributed by atoms with Gasteiger partial charge in [-0.2, -0.15) is 17.5 Å². The van der Waals surface area contributed by atoms with E-state index >= 15 is 0 Å². The molecule has 0 N–H and O–H groups in total. The Morgan fingerprint density at radius 2 is 1.68 bits per heavy atom. The number of carbonyl (C=O) groups is 2. The number of methoxy groups -OCH3 is 1. The van der Waals surface area contributed by atoms with Crippen molar-refractivity contribution in [1.82, 2.24) is 9.21 Å². The lowest BCUT2D eigenvalue weighted by Crippen LogP contribution is -2.42. The number of hydrogen-bond donors (Lipinski definition) is 0. The molecule has 0 radical (unpaired) electrons. The Morgan fingerprint density at radius 1 is 1.13 bits per heavy atom. The van der Waals surface area contributed by atoms with Crippen molar-refractivity contribution in [3.05, 3.63) is 29.8 Å². The standard InChI is InChI=1S/C20H27F3N2O5S/c1-14-10-15(2)12-25(11-14)31(28,29)17-6-4-16(5-7-17)19(27)24(13-20(21,22)23)9-8-18(26)30-3/h4-7,14-15H,8-13H2,1-3H3/t14-,15+. The lowest BCUT2D eigenvalue weighted by molar-refractivity contribution is -0.147. The van der Waals surface area contributed by atoms with Crippen molar-refractivity contribution < 1.29 is 35.9 Å². The van der Waals surface area contributed by atoms with Crippen LogP contribution in [-0.2, 0) is 19.6 Å². The van der Waals surface area contributed by atoms with Crippen molar-refractivity contribution in [2.75, 3.05) is 33.3 Å². The molecule has 2 rings (SSSR count). The molecule has 1 heterocycles. The van der Waals surface area contributed by atoms with E-state index in [1.165, 1.54) is 28.6 Å². The molecule has 0 unspecified atom stereocenters. The molecule has 0 saturated carbocycles. The maximum Gasteiger partial charge on any atom is 0.406 e. The van der Waals surface area contributed by atoms with E-state index in [1.807, 2.05) is 13.8 Å². The van der Waals surface area contributed by atoms with Gasteiger partial charge in [-0.25, -0.2) is 8.42 Å². The quantitative estimate of drug-likeness (QED) is 0.580. The second kappa shape index (κ2) is 9.99. The van der Waals surface area contributed by atoms with Gasteiger partial charge in [0.15, 0.2) is 0 Å². The van der Waals surface area contributed by atoms with Gasteiger partial charge < -0.3 is 9.64 Å². The van der Waals surface area contributed by atoms with Gasteiger partial charge in [0.25, 0.3) is 5.91 Å². The third-order valence-corrected chi connectivity index (χ3v) is 6.89. The van der Waals surface area contributed by atoms with E-state index < -0.39 is 47.6 Å². The van der Waals surface area contributed by atoms with Crippen LogP contribution in [0.2, 0.25) is 0 Å². The van der Waals surface area contributed by atoms with Gasteiger partial charge in [-0.15, -0.1) is 0 Å². The molecule has 1 saturated heterocycles. The molecule has 1 fully saturated rings. The lowest BCUT2D eigenvalue weighted by Gasteiger charge is -2.34. The Balaban J connectivity index is 2.20. The molecule has 0 aromatic heterocycles. The van der Waals surface area contributed by atoms with Gasteiger partial charge >= 0.3 is 12.1 Å². The Morgan fingerprint density at radius 3 is 2.16 bits per heavy atom. The topological polar surface area (TPSA) is 84.0 Å². The zero-order valence-electron chi connectivity index (χ0n) is 17.7. The molecule has 1 amide bonds. The van der Waals surface area contributed by atoms with Gasteiger partial charge in [-0.1, -0.05) is 13.8 Å². The van der Waals surface area contributed by atoms with E-state index in [0.717, 1.165) is 13.5 Å². The molecular weight excluding hydrogens is 437 g/mol. The maximum atomic E-state index is 12.9. The van der Waals surface area contributed by atoms with Crippen LogP contribution in [0.5, 0.6) is 0 Å². The van der Waals surface area contributed by atoms with Gasteiger partial charge in [0.05, 0.1) is 18.4 Å². The summed E-state index contributed by atoms with van der Waals surface area (Å²) >= 11 is 0. The van der Waals surface area contributed by atoms with Crippen LogP contribution in [0.1, 0.15) is 37.0 Å². The summed E-state index contributed by atoms with van der Waals surface area (Å²) in [7, 11) is -2.68. The molecule has 7 nitrogen and oxygen atoms in total. The number of amides is 1. The van der Waals surface area contributed by atoms with E-state index in [1.54, 1.807) is 0 Å². The molecule has 1 aromatic carbocycles. The number of hydrogen-bond acceptors (Lipinski definition) is 5. The number of carbonyl (C=O) groups excluding carboxylic acids is 2. The Kier molecular flexibility index (Phi) is 8.09. The second-order valence-corrected chi connectivity index (χ2v) is 9.90. The highest BCUT2D eigenvalue weighted by Gasteiger charge is 2.34. The van der Waals surface area contributed by atoms with Crippen LogP contribution in [0.4, 0.5) is 13.2 Å². The number of esters is 1. The molecule has 1 aliphatic heterocycles. The number of ether oxygens (including phenoxy) is 1. The fourth-order valence-electron chi connectivity index (χ4n) is 3.70. The van der Waals surface area contributed by atoms with E-state index in [2.05, 4.69) is 4.74 Å². The molecular formula is C20H27F3N2O5S. The first-order chi connectivity index (χ1) is 14.3. The van der Waals surface area contributed by atoms with Gasteiger partial charge in [0, 0.05) is 25.2 Å². The number of halogens is 3. The number of rotatable bonds is 7. The Labute approximate surface area is 180 Å². The van der Waals surface area contributed by atoms with Gasteiger partial charge in [-0.05, 0) is 42.5 Å². The van der Waals surface area contributed by atoms with Crippen LogP contribution in [0.3, 0.4) is 0 Å². The van der Waals surface area contributed by atoms with Crippen molar-refractivity contribution in [3.63, 3.8) is 0 Å². The van der Waals surface area contributed by atoms with Gasteiger partial charge in [0.1, 0.15) is 6.54 Å². The van der Waals surface area contributed by atoms with Crippen LogP contribution in [0.15, 0.2) is 29.2 Å². The van der Waals surface area contributed by atoms with Crippen LogP contribution in [0.25, 0.3) is 0 Å². The fourth-order valence-corrected chi connectivity index (χ4v) is 5.38. The number of sulfonamides is 1. The Hall–Kier alpha value is -2.14. The summed E-state index contributed by atoms with van der Waals surface area (Å²) in [6.45, 7) is 2.72. The summed E-state index contributed by atoms with van der Waals surface area (Å²) in [4.78, 5) is 24.3. The normalized spacial score (nSPS) is 20.3. The fraction of sp³-hybridized carbons (Fsp3) is 0.600. The van der Waals surface area contributed by atoms with Crippen molar-refractivity contribution in [2.45, 2.75) is 37.8 Å². The molecule has 0 spiro atoms. The molecule has 1 aromatic rings. The number of alkyl halides is 3. The van der Waals surface area contributed by atoms with Crippen molar-refractivity contribution >= 4 is 21.9 Å². The summed E-state index contributed by atoms with van der Waals surface area (Å²) in [5.74, 6) is -1.27. The van der Waals surface area contributed by atoms with Crippen LogP contribution in [-0.4, -0.2) is 69.0 Å². The molecule has 31 heavy (non-hydrogen) atoms. The van der Waals surface area contributed by atoms with Crippen molar-refractivity contribution in [1.29, 1.82) is 0 Å². The average molecular weight is 465 g/mol. The van der Waals surface area contributed by atoms with E-state index in [-0.39, 0.29) is 22.3 Å². The van der Waals surface area contributed by atoms with Crippen LogP contribution >= 0.6 is 0 Å². The first-order valence-electron chi connectivity index (χ1n) is 9.86. The highest BCUT2D eigenvalue weighted by molar-refractivity contribution is 7.89. The summed E-state index contributed by atoms with van der Waals surface area (Å²) in [5, 5.41) is 0. The number of piperidine rings is 1. The third-order valence-electron chi connectivity index (χ3n) is 5.05. The molecule has 1 aliphatic rings. The summed E-state index contributed by atoms with van der Waals surface area (Å²) in [6.07, 6.45) is -4.12. The monoisotopic (exact) mass is 464 g/mol. The highest BCUT2D eigenvalue weighted by Crippen LogP contribution is 2.27. The van der Waals surface area contributed by atoms with E-state index in [4.69, 9.17) is 0 Å². The highest BCUT2D eigenvalue weighted by atomic mass is 32.2. The smallest absolute Gasteiger partial charge is 0.406 e. The number of benzene rings is 1. The zero-order chi connectivity index (χ0) is 23.4. The predicted molar refractivity (Wildman–Crippen MR) is 107 cm³/mol. The summed E-state index contributed by atoms with van der Waals surface area (Å²) in [5.41, 5.74) is -0.103. The third kappa shape index (κ3) is 6.93. The minimum Gasteiger partial charge on any atom is -0.469 e. The van der Waals surface area contributed by atoms with E-state index in [9.17, 15) is 31.2 Å². The molecule has 11 heteroatoms. The van der Waals surface area contributed by atoms with Crippen molar-refractivity contribution in [2.24, 2.45) is 11.8 Å². The lowest BCUT2D eigenvalue weighted by atomic mass is 9.94. The van der Waals surface area contributed by atoms with Crippen LogP contribution < -0.4 is 0 Å². The molecule has 174 valence electrons. The first kappa shape index (κ1) is 25.1. The summed E-state index contributed by atoms with van der Waals surface area (Å²) < 4.78 is 70.3. The molecule has 0 aliphatic carbocycles. The minimum absolute atomic E-state index is 0.0257. The average Bonchev–Trinajstić information content (AvgIpc) is 2.68. The largest absolute Gasteiger partial charge is 0.469 e. The predicted octanol–water partition coefficient (Wildman–Crippen LogP) is 2.92. The Bertz CT molecular complexity index is 877. The minimum atomic E-state index is -4.66. The summed E-state index contributed by atoms with van der Waals surface area (Å²) in [6, 6.07) is 4.82. The number of nitrogens with zero attached hydrogens (tertiary/aromatic N) is 2. The zero-order valence-corrected chi connectivity index (χ0v) is 18.5. The SMILES string of the molecule is COC(=O)CCN(CC(F)(F)F)C(=O)c1ccc(S(=O)(=O)N2C[C@H](C)C[C@H](C)C2)cc1. The van der Waals surface area contributed by atoms with Crippen LogP contribution in [0, 0.1) is 11.8 Å². The van der Waals surface area contributed by atoms with Gasteiger partial charge in [-0.3, -0.25) is 9.59 Å². The maximum absolute atomic E-state index is 12.9. The first-order valence-corrected chi connectivity index (χ1v) is 11.3.